The smallest absolute Gasteiger partial charge is 0.0133 e. The van der Waals surface area contributed by atoms with Crippen LogP contribution in [0.3, 0.4) is 0 Å². The van der Waals surface area contributed by atoms with Crippen molar-refractivity contribution in [1.29, 1.82) is 0 Å². The van der Waals surface area contributed by atoms with Crippen LogP contribution in [0.5, 0.6) is 0 Å². The van der Waals surface area contributed by atoms with Crippen LogP contribution in [0.4, 0.5) is 0 Å². The molecule has 0 saturated carbocycles. The summed E-state index contributed by atoms with van der Waals surface area (Å²) in [5, 5.41) is 3.64. The second-order valence-corrected chi connectivity index (χ2v) is 5.12. The monoisotopic (exact) mass is 233 g/mol. The summed E-state index contributed by atoms with van der Waals surface area (Å²) >= 11 is 0. The first-order valence-electron chi connectivity index (χ1n) is 6.96. The molecule has 1 aromatic carbocycles. The third-order valence-electron chi connectivity index (χ3n) is 3.44. The molecule has 1 aromatic rings. The van der Waals surface area contributed by atoms with Gasteiger partial charge in [0.15, 0.2) is 0 Å². The zero-order valence-corrected chi connectivity index (χ0v) is 11.8. The van der Waals surface area contributed by atoms with Gasteiger partial charge in [-0.3, -0.25) is 0 Å². The van der Waals surface area contributed by atoms with E-state index in [9.17, 15) is 0 Å². The van der Waals surface area contributed by atoms with Crippen molar-refractivity contribution in [2.24, 2.45) is 5.92 Å². The van der Waals surface area contributed by atoms with Crippen LogP contribution in [-0.2, 0) is 6.42 Å². The molecule has 2 unspecified atom stereocenters. The van der Waals surface area contributed by atoms with E-state index in [0.717, 1.165) is 18.9 Å². The van der Waals surface area contributed by atoms with Crippen LogP contribution >= 0.6 is 0 Å². The largest absolute Gasteiger partial charge is 0.314 e. The van der Waals surface area contributed by atoms with Gasteiger partial charge in [0.25, 0.3) is 0 Å². The van der Waals surface area contributed by atoms with Crippen molar-refractivity contribution in [1.82, 2.24) is 5.32 Å². The molecular formula is C16H27N. The predicted molar refractivity (Wildman–Crippen MR) is 76.4 cm³/mol. The van der Waals surface area contributed by atoms with Gasteiger partial charge in [-0.1, -0.05) is 57.0 Å². The van der Waals surface area contributed by atoms with Crippen molar-refractivity contribution in [3.63, 3.8) is 0 Å². The molecule has 1 heteroatoms. The van der Waals surface area contributed by atoms with Crippen LogP contribution in [0.1, 0.15) is 44.7 Å². The van der Waals surface area contributed by atoms with Crippen molar-refractivity contribution in [2.75, 3.05) is 6.54 Å². The van der Waals surface area contributed by atoms with Crippen LogP contribution < -0.4 is 5.32 Å². The maximum absolute atomic E-state index is 3.64. The lowest BCUT2D eigenvalue weighted by molar-refractivity contribution is 0.358. The molecular weight excluding hydrogens is 206 g/mol. The summed E-state index contributed by atoms with van der Waals surface area (Å²) in [5.41, 5.74) is 2.82. The summed E-state index contributed by atoms with van der Waals surface area (Å²) in [6.45, 7) is 10.1. The van der Waals surface area contributed by atoms with Crippen molar-refractivity contribution in [3.8, 4) is 0 Å². The Morgan fingerprint density at radius 2 is 2.00 bits per heavy atom. The Bertz CT molecular complexity index is 319. The van der Waals surface area contributed by atoms with Crippen molar-refractivity contribution >= 4 is 0 Å². The maximum Gasteiger partial charge on any atom is 0.0133 e. The molecule has 0 aliphatic carbocycles. The Labute approximate surface area is 107 Å². The fraction of sp³-hybridized carbons (Fsp3) is 0.625. The Morgan fingerprint density at radius 1 is 1.24 bits per heavy atom. The van der Waals surface area contributed by atoms with Crippen molar-refractivity contribution in [3.05, 3.63) is 35.4 Å². The Balaban J connectivity index is 2.65. The van der Waals surface area contributed by atoms with Gasteiger partial charge in [0.05, 0.1) is 0 Å². The summed E-state index contributed by atoms with van der Waals surface area (Å²) in [4.78, 5) is 0. The van der Waals surface area contributed by atoms with Crippen LogP contribution in [0.2, 0.25) is 0 Å². The van der Waals surface area contributed by atoms with Crippen LogP contribution in [-0.4, -0.2) is 12.6 Å². The highest BCUT2D eigenvalue weighted by molar-refractivity contribution is 5.23. The van der Waals surface area contributed by atoms with E-state index in [1.807, 2.05) is 0 Å². The van der Waals surface area contributed by atoms with Crippen LogP contribution in [0, 0.1) is 12.8 Å². The molecule has 17 heavy (non-hydrogen) atoms. The van der Waals surface area contributed by atoms with E-state index >= 15 is 0 Å². The summed E-state index contributed by atoms with van der Waals surface area (Å²) in [6.07, 6.45) is 3.73. The molecule has 0 aliphatic rings. The lowest BCUT2D eigenvalue weighted by atomic mass is 9.91. The topological polar surface area (TPSA) is 12.0 Å². The average molecular weight is 233 g/mol. The van der Waals surface area contributed by atoms with Gasteiger partial charge in [-0.2, -0.15) is 0 Å². The fourth-order valence-electron chi connectivity index (χ4n) is 2.49. The van der Waals surface area contributed by atoms with E-state index in [2.05, 4.69) is 57.3 Å². The molecule has 0 radical (unpaired) electrons. The second kappa shape index (κ2) is 7.50. The summed E-state index contributed by atoms with van der Waals surface area (Å²) in [7, 11) is 0. The first-order chi connectivity index (χ1) is 8.17. The van der Waals surface area contributed by atoms with Gasteiger partial charge in [0.2, 0.25) is 0 Å². The number of aryl methyl sites for hydroxylation is 1. The molecule has 96 valence electrons. The van der Waals surface area contributed by atoms with Crippen molar-refractivity contribution < 1.29 is 0 Å². The minimum absolute atomic E-state index is 0.613. The molecule has 1 rings (SSSR count). The zero-order chi connectivity index (χ0) is 12.7. The second-order valence-electron chi connectivity index (χ2n) is 5.12. The van der Waals surface area contributed by atoms with E-state index in [4.69, 9.17) is 0 Å². The van der Waals surface area contributed by atoms with Gasteiger partial charge in [-0.05, 0) is 37.8 Å². The molecule has 0 amide bonds. The number of rotatable bonds is 7. The average Bonchev–Trinajstić information content (AvgIpc) is 2.29. The highest BCUT2D eigenvalue weighted by Crippen LogP contribution is 2.16. The third-order valence-corrected chi connectivity index (χ3v) is 3.44. The number of benzene rings is 1. The molecule has 0 aromatic heterocycles. The van der Waals surface area contributed by atoms with Crippen LogP contribution in [0.15, 0.2) is 24.3 Å². The van der Waals surface area contributed by atoms with Gasteiger partial charge >= 0.3 is 0 Å². The quantitative estimate of drug-likeness (QED) is 0.752. The summed E-state index contributed by atoms with van der Waals surface area (Å²) < 4.78 is 0. The molecule has 0 fully saturated rings. The standard InChI is InChI=1S/C16H27N/c1-5-8-14(4)16(17-6-2)12-15-10-7-9-13(3)11-15/h7,9-11,14,16-17H,5-6,8,12H2,1-4H3. The predicted octanol–water partition coefficient (Wildman–Crippen LogP) is 3.95. The normalized spacial score (nSPS) is 14.6. The number of likely N-dealkylation sites (N-methyl/N-ethyl adjacent to an activating group) is 1. The van der Waals surface area contributed by atoms with Gasteiger partial charge < -0.3 is 5.32 Å². The first-order valence-corrected chi connectivity index (χ1v) is 6.96. The van der Waals surface area contributed by atoms with E-state index in [-0.39, 0.29) is 0 Å². The SMILES string of the molecule is CCCC(C)C(Cc1cccc(C)c1)NCC. The van der Waals surface area contributed by atoms with Crippen molar-refractivity contribution in [2.45, 2.75) is 53.0 Å². The lowest BCUT2D eigenvalue weighted by Gasteiger charge is -2.25. The highest BCUT2D eigenvalue weighted by atomic mass is 14.9. The molecule has 1 nitrogen and oxygen atoms in total. The molecule has 0 heterocycles. The van der Waals surface area contributed by atoms with E-state index in [0.29, 0.717) is 6.04 Å². The summed E-state index contributed by atoms with van der Waals surface area (Å²) in [5.74, 6) is 0.750. The van der Waals surface area contributed by atoms with Gasteiger partial charge in [0, 0.05) is 6.04 Å². The minimum atomic E-state index is 0.613. The third kappa shape index (κ3) is 4.91. The number of hydrogen-bond donors (Lipinski definition) is 1. The molecule has 0 aliphatic heterocycles. The highest BCUT2D eigenvalue weighted by Gasteiger charge is 2.15. The Morgan fingerprint density at radius 3 is 2.59 bits per heavy atom. The first kappa shape index (κ1) is 14.2. The van der Waals surface area contributed by atoms with E-state index < -0.39 is 0 Å². The Hall–Kier alpha value is -0.820. The Kier molecular flexibility index (Phi) is 6.28. The van der Waals surface area contributed by atoms with E-state index in [1.165, 1.54) is 24.0 Å². The zero-order valence-electron chi connectivity index (χ0n) is 11.8. The molecule has 0 saturated heterocycles. The minimum Gasteiger partial charge on any atom is -0.314 e. The fourth-order valence-corrected chi connectivity index (χ4v) is 2.49. The number of nitrogens with one attached hydrogen (secondary N) is 1. The molecule has 0 spiro atoms. The number of hydrogen-bond acceptors (Lipinski definition) is 1. The molecule has 1 N–H and O–H groups in total. The molecule has 2 atom stereocenters. The van der Waals surface area contributed by atoms with E-state index in [1.54, 1.807) is 0 Å². The summed E-state index contributed by atoms with van der Waals surface area (Å²) in [6, 6.07) is 9.50. The maximum atomic E-state index is 3.64. The van der Waals surface area contributed by atoms with Gasteiger partial charge in [0.1, 0.15) is 0 Å². The lowest BCUT2D eigenvalue weighted by Crippen LogP contribution is -2.36. The van der Waals surface area contributed by atoms with Gasteiger partial charge in [-0.25, -0.2) is 0 Å². The van der Waals surface area contributed by atoms with Gasteiger partial charge in [-0.15, -0.1) is 0 Å². The van der Waals surface area contributed by atoms with Crippen LogP contribution in [0.25, 0.3) is 0 Å². The molecule has 0 bridgehead atoms.